The summed E-state index contributed by atoms with van der Waals surface area (Å²) >= 11 is 3.09. The van der Waals surface area contributed by atoms with E-state index in [4.69, 9.17) is 0 Å². The van der Waals surface area contributed by atoms with Crippen LogP contribution in [0.2, 0.25) is 0 Å². The second-order valence-corrected chi connectivity index (χ2v) is 4.27. The summed E-state index contributed by atoms with van der Waals surface area (Å²) in [5.41, 5.74) is 0.302. The molecule has 0 saturated carbocycles. The van der Waals surface area contributed by atoms with Crippen LogP contribution in [0.25, 0.3) is 0 Å². The SMILES string of the molecule is CN(CCC(F)(F)F)C(=O)c1ccnc(Br)c1. The topological polar surface area (TPSA) is 33.2 Å². The summed E-state index contributed by atoms with van der Waals surface area (Å²) in [6.07, 6.45) is -3.86. The van der Waals surface area contributed by atoms with Gasteiger partial charge in [-0.15, -0.1) is 0 Å². The lowest BCUT2D eigenvalue weighted by Crippen LogP contribution is -2.30. The van der Waals surface area contributed by atoms with Crippen LogP contribution in [0.3, 0.4) is 0 Å². The number of hydrogen-bond donors (Lipinski definition) is 0. The lowest BCUT2D eigenvalue weighted by atomic mass is 10.2. The van der Waals surface area contributed by atoms with Crippen LogP contribution in [0.4, 0.5) is 13.2 Å². The predicted molar refractivity (Wildman–Crippen MR) is 59.6 cm³/mol. The third kappa shape index (κ3) is 4.72. The zero-order valence-electron chi connectivity index (χ0n) is 8.96. The van der Waals surface area contributed by atoms with Crippen molar-refractivity contribution in [2.24, 2.45) is 0 Å². The number of pyridine rings is 1. The van der Waals surface area contributed by atoms with Gasteiger partial charge in [-0.2, -0.15) is 13.2 Å². The van der Waals surface area contributed by atoms with E-state index in [0.29, 0.717) is 10.2 Å². The quantitative estimate of drug-likeness (QED) is 0.804. The zero-order valence-corrected chi connectivity index (χ0v) is 10.5. The molecular weight excluding hydrogens is 301 g/mol. The van der Waals surface area contributed by atoms with Gasteiger partial charge in [-0.25, -0.2) is 4.98 Å². The average molecular weight is 311 g/mol. The van der Waals surface area contributed by atoms with Gasteiger partial charge in [0.05, 0.1) is 6.42 Å². The Kier molecular flexibility index (Phi) is 4.50. The Hall–Kier alpha value is -1.11. The molecule has 1 aromatic heterocycles. The van der Waals surface area contributed by atoms with Crippen LogP contribution >= 0.6 is 15.9 Å². The molecule has 0 N–H and O–H groups in total. The Balaban J connectivity index is 2.64. The summed E-state index contributed by atoms with van der Waals surface area (Å²) in [4.78, 5) is 16.6. The molecule has 0 unspecified atom stereocenters. The Bertz CT molecular complexity index is 409. The Morgan fingerprint density at radius 1 is 1.53 bits per heavy atom. The number of amides is 1. The molecule has 0 aliphatic rings. The number of hydrogen-bond acceptors (Lipinski definition) is 2. The lowest BCUT2D eigenvalue weighted by Gasteiger charge is -2.18. The van der Waals surface area contributed by atoms with E-state index in [9.17, 15) is 18.0 Å². The van der Waals surface area contributed by atoms with Crippen molar-refractivity contribution in [3.05, 3.63) is 28.5 Å². The maximum atomic E-state index is 12.0. The largest absolute Gasteiger partial charge is 0.390 e. The van der Waals surface area contributed by atoms with Gasteiger partial charge in [0.15, 0.2) is 0 Å². The van der Waals surface area contributed by atoms with Gasteiger partial charge in [0.25, 0.3) is 5.91 Å². The first-order valence-electron chi connectivity index (χ1n) is 4.73. The van der Waals surface area contributed by atoms with E-state index in [1.165, 1.54) is 25.4 Å². The zero-order chi connectivity index (χ0) is 13.1. The normalized spacial score (nSPS) is 11.4. The van der Waals surface area contributed by atoms with Gasteiger partial charge in [0, 0.05) is 25.4 Å². The van der Waals surface area contributed by atoms with Crippen LogP contribution in [0, 0.1) is 0 Å². The third-order valence-corrected chi connectivity index (χ3v) is 2.48. The van der Waals surface area contributed by atoms with Crippen LogP contribution in [-0.4, -0.2) is 35.6 Å². The van der Waals surface area contributed by atoms with Gasteiger partial charge in [-0.3, -0.25) is 4.79 Å². The van der Waals surface area contributed by atoms with Crippen LogP contribution in [-0.2, 0) is 0 Å². The summed E-state index contributed by atoms with van der Waals surface area (Å²) in [6, 6.07) is 2.92. The van der Waals surface area contributed by atoms with E-state index in [0.717, 1.165) is 4.90 Å². The molecule has 1 amide bonds. The first-order valence-corrected chi connectivity index (χ1v) is 5.52. The van der Waals surface area contributed by atoms with Crippen molar-refractivity contribution in [3.8, 4) is 0 Å². The predicted octanol–water partition coefficient (Wildman–Crippen LogP) is 2.87. The molecule has 0 atom stereocenters. The van der Waals surface area contributed by atoms with Gasteiger partial charge in [0.1, 0.15) is 4.60 Å². The van der Waals surface area contributed by atoms with Gasteiger partial charge >= 0.3 is 6.18 Å². The number of alkyl halides is 3. The van der Waals surface area contributed by atoms with Crippen LogP contribution < -0.4 is 0 Å². The highest BCUT2D eigenvalue weighted by Gasteiger charge is 2.28. The van der Waals surface area contributed by atoms with Crippen molar-refractivity contribution in [3.63, 3.8) is 0 Å². The Morgan fingerprint density at radius 3 is 2.71 bits per heavy atom. The van der Waals surface area contributed by atoms with Crippen molar-refractivity contribution in [2.45, 2.75) is 12.6 Å². The maximum absolute atomic E-state index is 12.0. The molecule has 7 heteroatoms. The summed E-state index contributed by atoms with van der Waals surface area (Å²) in [6.45, 7) is -0.359. The minimum atomic E-state index is -4.26. The van der Waals surface area contributed by atoms with Gasteiger partial charge < -0.3 is 4.90 Å². The first-order chi connectivity index (χ1) is 7.79. The molecule has 0 fully saturated rings. The summed E-state index contributed by atoms with van der Waals surface area (Å²) in [7, 11) is 1.34. The number of halogens is 4. The van der Waals surface area contributed by atoms with Crippen molar-refractivity contribution in [2.75, 3.05) is 13.6 Å². The Labute approximate surface area is 105 Å². The number of nitrogens with zero attached hydrogens (tertiary/aromatic N) is 2. The fourth-order valence-electron chi connectivity index (χ4n) is 1.15. The van der Waals surface area contributed by atoms with E-state index in [-0.39, 0.29) is 6.54 Å². The molecule has 0 aliphatic heterocycles. The molecule has 0 saturated heterocycles. The molecular formula is C10H10BrF3N2O. The standard InChI is InChI=1S/C10H10BrF3N2O/c1-16(5-3-10(12,13)14)9(17)7-2-4-15-8(11)6-7/h2,4,6H,3,5H2,1H3. The smallest absolute Gasteiger partial charge is 0.341 e. The minimum absolute atomic E-state index is 0.302. The highest BCUT2D eigenvalue weighted by atomic mass is 79.9. The monoisotopic (exact) mass is 310 g/mol. The molecule has 1 aromatic rings. The summed E-state index contributed by atoms with van der Waals surface area (Å²) < 4.78 is 36.4. The minimum Gasteiger partial charge on any atom is -0.341 e. The van der Waals surface area contributed by atoms with E-state index >= 15 is 0 Å². The average Bonchev–Trinajstić information content (AvgIpc) is 2.24. The van der Waals surface area contributed by atoms with Crippen molar-refractivity contribution in [1.29, 1.82) is 0 Å². The molecule has 0 spiro atoms. The molecule has 0 aromatic carbocycles. The van der Waals surface area contributed by atoms with Crippen molar-refractivity contribution < 1.29 is 18.0 Å². The van der Waals surface area contributed by atoms with Crippen molar-refractivity contribution >= 4 is 21.8 Å². The highest BCUT2D eigenvalue weighted by Crippen LogP contribution is 2.20. The molecule has 1 rings (SSSR count). The molecule has 17 heavy (non-hydrogen) atoms. The van der Waals surface area contributed by atoms with Crippen LogP contribution in [0.1, 0.15) is 16.8 Å². The highest BCUT2D eigenvalue weighted by molar-refractivity contribution is 9.10. The van der Waals surface area contributed by atoms with Gasteiger partial charge in [0.2, 0.25) is 0 Å². The van der Waals surface area contributed by atoms with Gasteiger partial charge in [-0.1, -0.05) is 0 Å². The third-order valence-electron chi connectivity index (χ3n) is 2.05. The molecule has 3 nitrogen and oxygen atoms in total. The van der Waals surface area contributed by atoms with E-state index in [2.05, 4.69) is 20.9 Å². The van der Waals surface area contributed by atoms with Crippen LogP contribution in [0.5, 0.6) is 0 Å². The second-order valence-electron chi connectivity index (χ2n) is 3.46. The molecule has 0 aliphatic carbocycles. The number of rotatable bonds is 3. The fourth-order valence-corrected chi connectivity index (χ4v) is 1.52. The molecule has 0 bridgehead atoms. The van der Waals surface area contributed by atoms with Crippen LogP contribution in [0.15, 0.2) is 22.9 Å². The Morgan fingerprint density at radius 2 is 2.18 bits per heavy atom. The number of carbonyl (C=O) groups is 1. The fraction of sp³-hybridized carbons (Fsp3) is 0.400. The summed E-state index contributed by atoms with van der Waals surface area (Å²) in [5.74, 6) is -0.461. The summed E-state index contributed by atoms with van der Waals surface area (Å²) in [5, 5.41) is 0. The van der Waals surface area contributed by atoms with E-state index < -0.39 is 18.5 Å². The maximum Gasteiger partial charge on any atom is 0.390 e. The van der Waals surface area contributed by atoms with E-state index in [1.54, 1.807) is 0 Å². The van der Waals surface area contributed by atoms with Gasteiger partial charge in [-0.05, 0) is 28.1 Å². The molecule has 1 heterocycles. The van der Waals surface area contributed by atoms with E-state index in [1.807, 2.05) is 0 Å². The second kappa shape index (κ2) is 5.48. The van der Waals surface area contributed by atoms with Crippen molar-refractivity contribution in [1.82, 2.24) is 9.88 Å². The lowest BCUT2D eigenvalue weighted by molar-refractivity contribution is -0.136. The first kappa shape index (κ1) is 14.0. The number of aromatic nitrogens is 1. The molecule has 94 valence electrons. The molecule has 0 radical (unpaired) electrons. The number of carbonyl (C=O) groups excluding carboxylic acids is 1.